The standard InChI is InChI=1S/C26H23N5O2/c32-24(10-9-19-5-2-1-3-6-19)29-16-20-7-4-8-21(15-20)17-30-26(33)31-18-22-11-13-27-25-23(22)12-14-28-25/h1-8,11-15H,16-18H2,(H,27,28)(H,29,32)(H2,30,31,33). The van der Waals surface area contributed by atoms with Gasteiger partial charge >= 0.3 is 6.03 Å². The number of rotatable bonds is 6. The van der Waals surface area contributed by atoms with Gasteiger partial charge in [0.05, 0.1) is 0 Å². The van der Waals surface area contributed by atoms with Gasteiger partial charge in [0.25, 0.3) is 5.91 Å². The first-order valence-electron chi connectivity index (χ1n) is 10.5. The number of nitrogens with one attached hydrogen (secondary N) is 4. The number of H-pyrrole nitrogens is 1. The van der Waals surface area contributed by atoms with Gasteiger partial charge in [-0.2, -0.15) is 0 Å². The number of hydrogen-bond acceptors (Lipinski definition) is 3. The highest BCUT2D eigenvalue weighted by molar-refractivity contribution is 5.94. The van der Waals surface area contributed by atoms with Crippen molar-refractivity contribution >= 4 is 23.0 Å². The van der Waals surface area contributed by atoms with E-state index in [-0.39, 0.29) is 11.9 Å². The molecule has 0 fully saturated rings. The zero-order valence-electron chi connectivity index (χ0n) is 17.9. The summed E-state index contributed by atoms with van der Waals surface area (Å²) < 4.78 is 0. The Balaban J connectivity index is 1.24. The van der Waals surface area contributed by atoms with Crippen LogP contribution in [0.15, 0.2) is 79.1 Å². The molecular weight excluding hydrogens is 414 g/mol. The SMILES string of the molecule is O=C(C#Cc1ccccc1)NCc1cccc(CNC(=O)NCc2ccnc3[nH]ccc23)c1. The van der Waals surface area contributed by atoms with E-state index in [9.17, 15) is 9.59 Å². The summed E-state index contributed by atoms with van der Waals surface area (Å²) in [4.78, 5) is 31.5. The predicted molar refractivity (Wildman–Crippen MR) is 127 cm³/mol. The molecule has 0 unspecified atom stereocenters. The summed E-state index contributed by atoms with van der Waals surface area (Å²) in [5.41, 5.74) is 4.44. The van der Waals surface area contributed by atoms with Crippen LogP contribution in [0.1, 0.15) is 22.3 Å². The molecule has 0 aliphatic carbocycles. The molecule has 0 aliphatic rings. The Labute approximate surface area is 191 Å². The summed E-state index contributed by atoms with van der Waals surface area (Å²) >= 11 is 0. The monoisotopic (exact) mass is 437 g/mol. The Bertz CT molecular complexity index is 1320. The minimum atomic E-state index is -0.339. The van der Waals surface area contributed by atoms with Crippen LogP contribution in [0.2, 0.25) is 0 Å². The Morgan fingerprint density at radius 1 is 0.848 bits per heavy atom. The molecule has 164 valence electrons. The number of pyridine rings is 1. The Morgan fingerprint density at radius 3 is 2.42 bits per heavy atom. The zero-order valence-corrected chi connectivity index (χ0v) is 17.9. The lowest BCUT2D eigenvalue weighted by Gasteiger charge is -2.10. The summed E-state index contributed by atoms with van der Waals surface area (Å²) in [7, 11) is 0. The van der Waals surface area contributed by atoms with E-state index in [4.69, 9.17) is 0 Å². The number of aromatic amines is 1. The van der Waals surface area contributed by atoms with Gasteiger partial charge in [0.15, 0.2) is 0 Å². The highest BCUT2D eigenvalue weighted by Gasteiger charge is 2.06. The van der Waals surface area contributed by atoms with Gasteiger partial charge in [0.1, 0.15) is 5.65 Å². The third-order valence-corrected chi connectivity index (χ3v) is 4.98. The van der Waals surface area contributed by atoms with E-state index in [1.165, 1.54) is 0 Å². The molecular formula is C26H23N5O2. The Kier molecular flexibility index (Phi) is 6.98. The van der Waals surface area contributed by atoms with E-state index in [1.54, 1.807) is 6.20 Å². The van der Waals surface area contributed by atoms with Crippen molar-refractivity contribution in [1.82, 2.24) is 25.9 Å². The van der Waals surface area contributed by atoms with Crippen LogP contribution in [-0.4, -0.2) is 21.9 Å². The van der Waals surface area contributed by atoms with Crippen molar-refractivity contribution in [2.75, 3.05) is 0 Å². The van der Waals surface area contributed by atoms with Gasteiger partial charge in [-0.05, 0) is 41.0 Å². The summed E-state index contributed by atoms with van der Waals surface area (Å²) in [5, 5.41) is 9.51. The highest BCUT2D eigenvalue weighted by Crippen LogP contribution is 2.14. The number of aromatic nitrogens is 2. The second-order valence-electron chi connectivity index (χ2n) is 7.36. The van der Waals surface area contributed by atoms with Crippen LogP contribution >= 0.6 is 0 Å². The number of nitrogens with zero attached hydrogens (tertiary/aromatic N) is 1. The molecule has 0 atom stereocenters. The zero-order chi connectivity index (χ0) is 22.9. The average Bonchev–Trinajstić information content (AvgIpc) is 3.34. The topological polar surface area (TPSA) is 98.9 Å². The summed E-state index contributed by atoms with van der Waals surface area (Å²) in [5.74, 6) is 5.09. The largest absolute Gasteiger partial charge is 0.346 e. The first kappa shape index (κ1) is 21.7. The third kappa shape index (κ3) is 6.21. The number of carbonyl (C=O) groups is 2. The predicted octanol–water partition coefficient (Wildman–Crippen LogP) is 3.23. The van der Waals surface area contributed by atoms with Gasteiger partial charge in [-0.25, -0.2) is 9.78 Å². The van der Waals surface area contributed by atoms with Gasteiger partial charge in [-0.15, -0.1) is 0 Å². The van der Waals surface area contributed by atoms with E-state index in [0.29, 0.717) is 19.6 Å². The fourth-order valence-electron chi connectivity index (χ4n) is 3.32. The number of benzene rings is 2. The number of hydrogen-bond donors (Lipinski definition) is 4. The van der Waals surface area contributed by atoms with Crippen LogP contribution in [0.5, 0.6) is 0 Å². The van der Waals surface area contributed by atoms with Crippen molar-refractivity contribution in [3.8, 4) is 11.8 Å². The molecule has 0 radical (unpaired) electrons. The molecule has 0 aliphatic heterocycles. The lowest BCUT2D eigenvalue weighted by Crippen LogP contribution is -2.34. The lowest BCUT2D eigenvalue weighted by molar-refractivity contribution is -0.115. The fraction of sp³-hybridized carbons (Fsp3) is 0.115. The molecule has 33 heavy (non-hydrogen) atoms. The van der Waals surface area contributed by atoms with Gasteiger partial charge in [-0.3, -0.25) is 4.79 Å². The van der Waals surface area contributed by atoms with E-state index in [1.807, 2.05) is 72.9 Å². The van der Waals surface area contributed by atoms with Gasteiger partial charge in [-0.1, -0.05) is 48.4 Å². The number of urea groups is 1. The molecule has 0 saturated heterocycles. The number of fused-ring (bicyclic) bond motifs is 1. The van der Waals surface area contributed by atoms with Crippen molar-refractivity contribution < 1.29 is 9.59 Å². The Morgan fingerprint density at radius 2 is 1.61 bits per heavy atom. The minimum Gasteiger partial charge on any atom is -0.346 e. The molecule has 0 bridgehead atoms. The first-order chi connectivity index (χ1) is 16.2. The molecule has 0 spiro atoms. The van der Waals surface area contributed by atoms with Crippen molar-refractivity contribution in [3.05, 3.63) is 101 Å². The van der Waals surface area contributed by atoms with Crippen LogP contribution in [0.3, 0.4) is 0 Å². The maximum Gasteiger partial charge on any atom is 0.315 e. The first-order valence-corrected chi connectivity index (χ1v) is 10.5. The summed E-state index contributed by atoms with van der Waals surface area (Å²) in [6, 6.07) is 20.6. The van der Waals surface area contributed by atoms with Crippen LogP contribution in [0, 0.1) is 11.8 Å². The van der Waals surface area contributed by atoms with E-state index < -0.39 is 0 Å². The van der Waals surface area contributed by atoms with Crippen molar-refractivity contribution in [3.63, 3.8) is 0 Å². The van der Waals surface area contributed by atoms with Crippen LogP contribution in [0.4, 0.5) is 4.79 Å². The highest BCUT2D eigenvalue weighted by atomic mass is 16.2. The van der Waals surface area contributed by atoms with E-state index in [2.05, 4.69) is 37.8 Å². The number of amides is 3. The normalized spacial score (nSPS) is 10.2. The third-order valence-electron chi connectivity index (χ3n) is 4.98. The molecule has 4 rings (SSSR count). The summed E-state index contributed by atoms with van der Waals surface area (Å²) in [6.07, 6.45) is 3.54. The maximum absolute atomic E-state index is 12.2. The smallest absolute Gasteiger partial charge is 0.315 e. The van der Waals surface area contributed by atoms with E-state index >= 15 is 0 Å². The van der Waals surface area contributed by atoms with Gasteiger partial charge in [0.2, 0.25) is 0 Å². The molecule has 4 aromatic rings. The second-order valence-corrected chi connectivity index (χ2v) is 7.36. The van der Waals surface area contributed by atoms with Crippen molar-refractivity contribution in [1.29, 1.82) is 0 Å². The van der Waals surface area contributed by atoms with Crippen LogP contribution < -0.4 is 16.0 Å². The van der Waals surface area contributed by atoms with Crippen molar-refractivity contribution in [2.24, 2.45) is 0 Å². The molecule has 7 heteroatoms. The minimum absolute atomic E-state index is 0.259. The van der Waals surface area contributed by atoms with Crippen LogP contribution in [-0.2, 0) is 24.4 Å². The van der Waals surface area contributed by atoms with Gasteiger partial charge in [0, 0.05) is 48.9 Å². The molecule has 3 amide bonds. The molecule has 7 nitrogen and oxygen atoms in total. The lowest BCUT2D eigenvalue weighted by atomic mass is 10.1. The quantitative estimate of drug-likeness (QED) is 0.349. The molecule has 4 N–H and O–H groups in total. The Hall–Kier alpha value is -4.57. The molecule has 0 saturated carbocycles. The number of carbonyl (C=O) groups excluding carboxylic acids is 2. The second kappa shape index (κ2) is 10.6. The van der Waals surface area contributed by atoms with Gasteiger partial charge < -0.3 is 20.9 Å². The fourth-order valence-corrected chi connectivity index (χ4v) is 3.32. The van der Waals surface area contributed by atoms with Crippen LogP contribution in [0.25, 0.3) is 11.0 Å². The molecule has 2 aromatic carbocycles. The maximum atomic E-state index is 12.2. The van der Waals surface area contributed by atoms with Crippen molar-refractivity contribution in [2.45, 2.75) is 19.6 Å². The molecule has 2 heterocycles. The van der Waals surface area contributed by atoms with E-state index in [0.717, 1.165) is 33.3 Å². The molecule has 2 aromatic heterocycles. The average molecular weight is 438 g/mol. The summed E-state index contributed by atoms with van der Waals surface area (Å²) in [6.45, 7) is 1.13.